The maximum atomic E-state index is 13.0. The molecule has 0 saturated heterocycles. The van der Waals surface area contributed by atoms with Gasteiger partial charge in [-0.1, -0.05) is 38.1 Å². The van der Waals surface area contributed by atoms with E-state index in [0.717, 1.165) is 23.2 Å². The van der Waals surface area contributed by atoms with Gasteiger partial charge < -0.3 is 19.7 Å². The van der Waals surface area contributed by atoms with Crippen LogP contribution >= 0.6 is 0 Å². The first-order valence-electron chi connectivity index (χ1n) is 9.87. The lowest BCUT2D eigenvalue weighted by Gasteiger charge is -2.19. The molecule has 0 bridgehead atoms. The lowest BCUT2D eigenvalue weighted by molar-refractivity contribution is -0.126. The highest BCUT2D eigenvalue weighted by Crippen LogP contribution is 2.37. The highest BCUT2D eigenvalue weighted by Gasteiger charge is 2.37. The molecule has 0 aromatic heterocycles. The summed E-state index contributed by atoms with van der Waals surface area (Å²) >= 11 is 0. The van der Waals surface area contributed by atoms with Crippen LogP contribution < -0.4 is 19.7 Å². The van der Waals surface area contributed by atoms with E-state index in [9.17, 15) is 9.59 Å². The summed E-state index contributed by atoms with van der Waals surface area (Å²) < 4.78 is 11.3. The average Bonchev–Trinajstić information content (AvgIpc) is 2.94. The molecule has 2 amide bonds. The van der Waals surface area contributed by atoms with E-state index in [2.05, 4.69) is 19.2 Å². The molecule has 1 heterocycles. The monoisotopic (exact) mass is 396 g/mol. The Hall–Kier alpha value is -3.02. The van der Waals surface area contributed by atoms with Crippen LogP contribution in [0.2, 0.25) is 0 Å². The number of anilines is 1. The van der Waals surface area contributed by atoms with E-state index < -0.39 is 6.04 Å². The Bertz CT molecular complexity index is 894. The lowest BCUT2D eigenvalue weighted by atomic mass is 10.1. The lowest BCUT2D eigenvalue weighted by Crippen LogP contribution is -2.36. The van der Waals surface area contributed by atoms with Crippen molar-refractivity contribution < 1.29 is 19.1 Å². The van der Waals surface area contributed by atoms with Gasteiger partial charge in [-0.25, -0.2) is 0 Å². The highest BCUT2D eigenvalue weighted by atomic mass is 16.5. The number of hydrogen-bond donors (Lipinski definition) is 1. The SMILES string of the molecule is COc1cc(CN2C(=O)C(NC(C)=O)c3ccccc32)ccc1OCCC(C)C. The van der Waals surface area contributed by atoms with Gasteiger partial charge in [0.2, 0.25) is 5.91 Å². The molecule has 2 aromatic rings. The maximum absolute atomic E-state index is 13.0. The number of fused-ring (bicyclic) bond motifs is 1. The fraction of sp³-hybridized carbons (Fsp3) is 0.391. The van der Waals surface area contributed by atoms with E-state index in [1.54, 1.807) is 12.0 Å². The highest BCUT2D eigenvalue weighted by molar-refractivity contribution is 6.06. The van der Waals surface area contributed by atoms with Crippen molar-refractivity contribution in [3.63, 3.8) is 0 Å². The molecule has 0 spiro atoms. The van der Waals surface area contributed by atoms with Crippen molar-refractivity contribution in [3.05, 3.63) is 53.6 Å². The second-order valence-corrected chi connectivity index (χ2v) is 7.63. The number of rotatable bonds is 8. The maximum Gasteiger partial charge on any atom is 0.254 e. The fourth-order valence-electron chi connectivity index (χ4n) is 3.41. The zero-order valence-corrected chi connectivity index (χ0v) is 17.4. The number of methoxy groups -OCH3 is 1. The third-order valence-electron chi connectivity index (χ3n) is 4.92. The molecule has 0 radical (unpaired) electrons. The fourth-order valence-corrected chi connectivity index (χ4v) is 3.41. The van der Waals surface area contributed by atoms with Gasteiger partial charge in [0.15, 0.2) is 11.5 Å². The van der Waals surface area contributed by atoms with Crippen molar-refractivity contribution in [2.24, 2.45) is 5.92 Å². The summed E-state index contributed by atoms with van der Waals surface area (Å²) in [5.74, 6) is 1.53. The summed E-state index contributed by atoms with van der Waals surface area (Å²) in [5.41, 5.74) is 2.55. The van der Waals surface area contributed by atoms with Gasteiger partial charge in [0.1, 0.15) is 6.04 Å². The van der Waals surface area contributed by atoms with Crippen LogP contribution in [0.3, 0.4) is 0 Å². The van der Waals surface area contributed by atoms with E-state index >= 15 is 0 Å². The van der Waals surface area contributed by atoms with Crippen LogP contribution in [0.25, 0.3) is 0 Å². The third kappa shape index (κ3) is 4.70. The number of carbonyl (C=O) groups is 2. The Morgan fingerprint density at radius 2 is 1.93 bits per heavy atom. The molecular formula is C23H28N2O4. The van der Waals surface area contributed by atoms with Gasteiger partial charge in [0.25, 0.3) is 5.91 Å². The standard InChI is InChI=1S/C23H28N2O4/c1-15(2)11-12-29-20-10-9-17(13-21(20)28-4)14-25-19-8-6-5-7-18(19)22(23(25)27)24-16(3)26/h5-10,13,15,22H,11-12,14H2,1-4H3,(H,24,26). The molecule has 1 aliphatic rings. The predicted molar refractivity (Wildman–Crippen MR) is 112 cm³/mol. The van der Waals surface area contributed by atoms with Crippen LogP contribution in [-0.2, 0) is 16.1 Å². The molecule has 154 valence electrons. The Morgan fingerprint density at radius 1 is 1.17 bits per heavy atom. The molecule has 29 heavy (non-hydrogen) atoms. The van der Waals surface area contributed by atoms with Crippen LogP contribution in [0.15, 0.2) is 42.5 Å². The minimum absolute atomic E-state index is 0.141. The zero-order valence-electron chi connectivity index (χ0n) is 17.4. The number of para-hydroxylation sites is 1. The van der Waals surface area contributed by atoms with Crippen LogP contribution in [0, 0.1) is 5.92 Å². The van der Waals surface area contributed by atoms with E-state index in [4.69, 9.17) is 9.47 Å². The van der Waals surface area contributed by atoms with Gasteiger partial charge in [0.05, 0.1) is 20.3 Å². The van der Waals surface area contributed by atoms with Crippen LogP contribution in [0.5, 0.6) is 11.5 Å². The molecule has 2 aromatic carbocycles. The first kappa shape index (κ1) is 20.7. The molecule has 1 N–H and O–H groups in total. The van der Waals surface area contributed by atoms with Gasteiger partial charge in [-0.3, -0.25) is 9.59 Å². The molecule has 1 aliphatic heterocycles. The Labute approximate surface area is 171 Å². The summed E-state index contributed by atoms with van der Waals surface area (Å²) in [6, 6.07) is 12.6. The average molecular weight is 396 g/mol. The van der Waals surface area contributed by atoms with E-state index in [-0.39, 0.29) is 11.8 Å². The van der Waals surface area contributed by atoms with E-state index in [1.165, 1.54) is 6.92 Å². The summed E-state index contributed by atoms with van der Waals surface area (Å²) in [7, 11) is 1.61. The Balaban J connectivity index is 1.80. The van der Waals surface area contributed by atoms with Gasteiger partial charge >= 0.3 is 0 Å². The third-order valence-corrected chi connectivity index (χ3v) is 4.92. The number of nitrogens with zero attached hydrogens (tertiary/aromatic N) is 1. The summed E-state index contributed by atoms with van der Waals surface area (Å²) in [6.45, 7) is 6.74. The van der Waals surface area contributed by atoms with Crippen molar-refractivity contribution >= 4 is 17.5 Å². The second kappa shape index (κ2) is 8.99. The number of nitrogens with one attached hydrogen (secondary N) is 1. The molecule has 0 saturated carbocycles. The first-order valence-corrected chi connectivity index (χ1v) is 9.87. The molecule has 0 aliphatic carbocycles. The molecule has 1 atom stereocenters. The molecule has 6 nitrogen and oxygen atoms in total. The number of carbonyl (C=O) groups excluding carboxylic acids is 2. The summed E-state index contributed by atoms with van der Waals surface area (Å²) in [6.07, 6.45) is 0.967. The summed E-state index contributed by atoms with van der Waals surface area (Å²) in [5, 5.41) is 2.75. The van der Waals surface area contributed by atoms with Crippen LogP contribution in [0.1, 0.15) is 44.4 Å². The largest absolute Gasteiger partial charge is 0.493 e. The van der Waals surface area contributed by atoms with Crippen molar-refractivity contribution in [2.45, 2.75) is 39.8 Å². The van der Waals surface area contributed by atoms with E-state index in [0.29, 0.717) is 30.6 Å². The second-order valence-electron chi connectivity index (χ2n) is 7.63. The van der Waals surface area contributed by atoms with Crippen molar-refractivity contribution in [1.82, 2.24) is 5.32 Å². The van der Waals surface area contributed by atoms with Gasteiger partial charge in [-0.15, -0.1) is 0 Å². The van der Waals surface area contributed by atoms with Crippen molar-refractivity contribution in [1.29, 1.82) is 0 Å². The Kier molecular flexibility index (Phi) is 6.42. The number of benzene rings is 2. The number of amides is 2. The number of hydrogen-bond acceptors (Lipinski definition) is 4. The molecule has 0 fully saturated rings. The molecular weight excluding hydrogens is 368 g/mol. The van der Waals surface area contributed by atoms with E-state index in [1.807, 2.05) is 42.5 Å². The quantitative estimate of drug-likeness (QED) is 0.736. The van der Waals surface area contributed by atoms with Crippen molar-refractivity contribution in [3.8, 4) is 11.5 Å². The summed E-state index contributed by atoms with van der Waals surface area (Å²) in [4.78, 5) is 26.2. The van der Waals surface area contributed by atoms with Gasteiger partial charge in [-0.2, -0.15) is 0 Å². The minimum atomic E-state index is -0.649. The molecule has 3 rings (SSSR count). The normalized spacial score (nSPS) is 15.4. The minimum Gasteiger partial charge on any atom is -0.493 e. The predicted octanol–water partition coefficient (Wildman–Crippen LogP) is 3.84. The van der Waals surface area contributed by atoms with Gasteiger partial charge in [-0.05, 0) is 36.1 Å². The molecule has 6 heteroatoms. The zero-order chi connectivity index (χ0) is 21.0. The topological polar surface area (TPSA) is 67.9 Å². The van der Waals surface area contributed by atoms with Crippen LogP contribution in [0.4, 0.5) is 5.69 Å². The van der Waals surface area contributed by atoms with Crippen LogP contribution in [-0.4, -0.2) is 25.5 Å². The number of ether oxygens (including phenoxy) is 2. The van der Waals surface area contributed by atoms with Gasteiger partial charge in [0, 0.05) is 18.2 Å². The van der Waals surface area contributed by atoms with Crippen molar-refractivity contribution in [2.75, 3.05) is 18.6 Å². The first-order chi connectivity index (χ1) is 13.9. The smallest absolute Gasteiger partial charge is 0.254 e. The Morgan fingerprint density at radius 3 is 2.62 bits per heavy atom. The molecule has 1 unspecified atom stereocenters.